The zero-order valence-electron chi connectivity index (χ0n) is 12.1. The van der Waals surface area contributed by atoms with Crippen LogP contribution in [0.4, 0.5) is 4.79 Å². The molecule has 1 amide bonds. The second-order valence-corrected chi connectivity index (χ2v) is 5.39. The average molecular weight is 252 g/mol. The number of rotatable bonds is 1. The lowest BCUT2D eigenvalue weighted by Crippen LogP contribution is -2.44. The molecule has 0 saturated carbocycles. The molecule has 0 aromatic carbocycles. The molecular formula is C14H24N2O2. The minimum absolute atomic E-state index is 0.249. The predicted octanol–water partition coefficient (Wildman–Crippen LogP) is 3.03. The highest BCUT2D eigenvalue weighted by molar-refractivity contribution is 6.03. The van der Waals surface area contributed by atoms with E-state index in [1.807, 2.05) is 34.6 Å². The van der Waals surface area contributed by atoms with Gasteiger partial charge in [-0.1, -0.05) is 6.08 Å². The number of hydrogen-bond donors (Lipinski definition) is 0. The van der Waals surface area contributed by atoms with Crippen molar-refractivity contribution < 1.29 is 9.53 Å². The molecule has 4 nitrogen and oxygen atoms in total. The lowest BCUT2D eigenvalue weighted by molar-refractivity contribution is 0.0274. The smallest absolute Gasteiger partial charge is 0.410 e. The number of carbonyl (C=O) groups excluding carboxylic acids is 1. The van der Waals surface area contributed by atoms with Crippen LogP contribution in [-0.4, -0.2) is 41.9 Å². The highest BCUT2D eigenvalue weighted by atomic mass is 16.6. The summed E-state index contributed by atoms with van der Waals surface area (Å²) in [5.74, 6) is 0. The molecule has 0 atom stereocenters. The molecule has 1 rings (SSSR count). The van der Waals surface area contributed by atoms with Crippen LogP contribution in [0.5, 0.6) is 0 Å². The molecule has 1 saturated heterocycles. The van der Waals surface area contributed by atoms with Gasteiger partial charge in [-0.2, -0.15) is 0 Å². The first-order chi connectivity index (χ1) is 8.37. The van der Waals surface area contributed by atoms with E-state index in [0.29, 0.717) is 13.1 Å². The highest BCUT2D eigenvalue weighted by Gasteiger charge is 2.27. The Morgan fingerprint density at radius 2 is 2.17 bits per heavy atom. The van der Waals surface area contributed by atoms with Crippen molar-refractivity contribution in [3.63, 3.8) is 0 Å². The first-order valence-corrected chi connectivity index (χ1v) is 6.54. The van der Waals surface area contributed by atoms with Crippen molar-refractivity contribution in [2.24, 2.45) is 4.99 Å². The molecule has 18 heavy (non-hydrogen) atoms. The quantitative estimate of drug-likeness (QED) is 0.720. The van der Waals surface area contributed by atoms with Crippen LogP contribution in [0.2, 0.25) is 0 Å². The number of hydrogen-bond acceptors (Lipinski definition) is 3. The van der Waals surface area contributed by atoms with E-state index in [9.17, 15) is 4.79 Å². The van der Waals surface area contributed by atoms with Crippen LogP contribution < -0.4 is 0 Å². The summed E-state index contributed by atoms with van der Waals surface area (Å²) in [6, 6.07) is 0. The third-order valence-electron chi connectivity index (χ3n) is 2.71. The van der Waals surface area contributed by atoms with Gasteiger partial charge in [0, 0.05) is 13.1 Å². The Bertz CT molecular complexity index is 364. The molecule has 0 spiro atoms. The van der Waals surface area contributed by atoms with Gasteiger partial charge in [0.25, 0.3) is 0 Å². The van der Waals surface area contributed by atoms with Crippen molar-refractivity contribution in [1.82, 2.24) is 4.90 Å². The molecule has 4 heteroatoms. The Morgan fingerprint density at radius 1 is 1.50 bits per heavy atom. The van der Waals surface area contributed by atoms with E-state index in [1.165, 1.54) is 5.57 Å². The predicted molar refractivity (Wildman–Crippen MR) is 74.2 cm³/mol. The van der Waals surface area contributed by atoms with E-state index >= 15 is 0 Å². The molecule has 0 N–H and O–H groups in total. The van der Waals surface area contributed by atoms with Crippen molar-refractivity contribution >= 4 is 11.8 Å². The van der Waals surface area contributed by atoms with E-state index < -0.39 is 5.60 Å². The Balaban J connectivity index is 2.72. The van der Waals surface area contributed by atoms with Gasteiger partial charge < -0.3 is 9.64 Å². The fourth-order valence-corrected chi connectivity index (χ4v) is 1.90. The molecule has 102 valence electrons. The Morgan fingerprint density at radius 3 is 2.67 bits per heavy atom. The number of likely N-dealkylation sites (tertiary alicyclic amines) is 1. The second kappa shape index (κ2) is 6.03. The summed E-state index contributed by atoms with van der Waals surface area (Å²) in [5, 5.41) is 0. The van der Waals surface area contributed by atoms with Gasteiger partial charge in [-0.15, -0.1) is 0 Å². The fourth-order valence-electron chi connectivity index (χ4n) is 1.90. The van der Waals surface area contributed by atoms with Crippen LogP contribution in [0, 0.1) is 0 Å². The van der Waals surface area contributed by atoms with Gasteiger partial charge in [-0.05, 0) is 46.6 Å². The number of piperidine rings is 1. The normalized spacial score (nSPS) is 21.5. The maximum Gasteiger partial charge on any atom is 0.410 e. The first kappa shape index (κ1) is 14.7. The van der Waals surface area contributed by atoms with Crippen LogP contribution in [0.15, 0.2) is 16.6 Å². The van der Waals surface area contributed by atoms with E-state index in [0.717, 1.165) is 18.7 Å². The van der Waals surface area contributed by atoms with Crippen LogP contribution in [0.1, 0.15) is 41.0 Å². The van der Waals surface area contributed by atoms with Crippen LogP contribution >= 0.6 is 0 Å². The van der Waals surface area contributed by atoms with Gasteiger partial charge in [0.15, 0.2) is 0 Å². The molecular weight excluding hydrogens is 228 g/mol. The van der Waals surface area contributed by atoms with Gasteiger partial charge in [-0.25, -0.2) is 4.79 Å². The third-order valence-corrected chi connectivity index (χ3v) is 2.71. The molecule has 1 aliphatic heterocycles. The number of carbonyl (C=O) groups is 1. The summed E-state index contributed by atoms with van der Waals surface area (Å²) in [4.78, 5) is 18.2. The summed E-state index contributed by atoms with van der Waals surface area (Å²) in [7, 11) is 0. The molecule has 1 heterocycles. The molecule has 0 aromatic heterocycles. The Labute approximate surface area is 110 Å². The first-order valence-electron chi connectivity index (χ1n) is 6.54. The summed E-state index contributed by atoms with van der Waals surface area (Å²) in [6.07, 6.45) is 2.69. The lowest BCUT2D eigenvalue weighted by Gasteiger charge is -2.31. The maximum absolute atomic E-state index is 12.0. The molecule has 0 aliphatic carbocycles. The number of ether oxygens (including phenoxy) is 1. The van der Waals surface area contributed by atoms with Gasteiger partial charge in [-0.3, -0.25) is 4.99 Å². The lowest BCUT2D eigenvalue weighted by atomic mass is 10.0. The van der Waals surface area contributed by atoms with Gasteiger partial charge in [0.2, 0.25) is 0 Å². The molecule has 1 aliphatic rings. The van der Waals surface area contributed by atoms with E-state index in [2.05, 4.69) is 11.1 Å². The van der Waals surface area contributed by atoms with Crippen LogP contribution in [0.25, 0.3) is 0 Å². The van der Waals surface area contributed by atoms with Gasteiger partial charge >= 0.3 is 6.09 Å². The maximum atomic E-state index is 12.0. The number of nitrogens with zero attached hydrogens (tertiary/aromatic N) is 2. The van der Waals surface area contributed by atoms with Crippen molar-refractivity contribution in [2.75, 3.05) is 19.6 Å². The SMILES string of the molecule is C/C=C1/CCN(C(=O)OC(C)(C)C)CC1=NCC. The Hall–Kier alpha value is -1.32. The summed E-state index contributed by atoms with van der Waals surface area (Å²) in [5.41, 5.74) is 1.81. The number of amides is 1. The van der Waals surface area contributed by atoms with E-state index in [4.69, 9.17) is 4.74 Å². The average Bonchev–Trinajstić information content (AvgIpc) is 2.27. The van der Waals surface area contributed by atoms with E-state index in [1.54, 1.807) is 4.90 Å². The molecule has 0 bridgehead atoms. The standard InChI is InChI=1S/C14H24N2O2/c1-6-11-8-9-16(10-12(11)15-7-2)13(17)18-14(3,4)5/h6H,7-10H2,1-5H3/b11-6-,15-12?. The molecule has 0 radical (unpaired) electrons. The molecule has 0 aromatic rings. The zero-order chi connectivity index (χ0) is 13.8. The topological polar surface area (TPSA) is 41.9 Å². The second-order valence-electron chi connectivity index (χ2n) is 5.39. The fraction of sp³-hybridized carbons (Fsp3) is 0.714. The third kappa shape index (κ3) is 4.17. The summed E-state index contributed by atoms with van der Waals surface area (Å²) < 4.78 is 5.39. The monoisotopic (exact) mass is 252 g/mol. The van der Waals surface area contributed by atoms with Crippen LogP contribution in [0.3, 0.4) is 0 Å². The van der Waals surface area contributed by atoms with Crippen molar-refractivity contribution in [3.05, 3.63) is 11.6 Å². The van der Waals surface area contributed by atoms with Crippen LogP contribution in [-0.2, 0) is 4.74 Å². The molecule has 0 unspecified atom stereocenters. The van der Waals surface area contributed by atoms with E-state index in [-0.39, 0.29) is 6.09 Å². The van der Waals surface area contributed by atoms with Gasteiger partial charge in [0.1, 0.15) is 5.60 Å². The largest absolute Gasteiger partial charge is 0.444 e. The molecule has 1 fully saturated rings. The van der Waals surface area contributed by atoms with Gasteiger partial charge in [0.05, 0.1) is 12.3 Å². The number of aliphatic imine (C=N–C) groups is 1. The minimum atomic E-state index is -0.444. The summed E-state index contributed by atoms with van der Waals surface area (Å²) >= 11 is 0. The summed E-state index contributed by atoms with van der Waals surface area (Å²) in [6.45, 7) is 11.7. The zero-order valence-corrected chi connectivity index (χ0v) is 12.1. The number of allylic oxidation sites excluding steroid dienone is 1. The van der Waals surface area contributed by atoms with Crippen molar-refractivity contribution in [2.45, 2.75) is 46.6 Å². The highest BCUT2D eigenvalue weighted by Crippen LogP contribution is 2.17. The Kier molecular flexibility index (Phi) is 4.93. The van der Waals surface area contributed by atoms with Crippen molar-refractivity contribution in [1.29, 1.82) is 0 Å². The minimum Gasteiger partial charge on any atom is -0.444 e. The van der Waals surface area contributed by atoms with Crippen molar-refractivity contribution in [3.8, 4) is 0 Å².